The minimum absolute atomic E-state index is 0.128. The summed E-state index contributed by atoms with van der Waals surface area (Å²) < 4.78 is 29.2. The average molecular weight is 436 g/mol. The van der Waals surface area contributed by atoms with Gasteiger partial charge in [-0.3, -0.25) is 0 Å². The van der Waals surface area contributed by atoms with E-state index in [-0.39, 0.29) is 6.54 Å². The van der Waals surface area contributed by atoms with Gasteiger partial charge in [0.15, 0.2) is 0 Å². The van der Waals surface area contributed by atoms with Gasteiger partial charge in [0, 0.05) is 17.0 Å². The number of thiophene rings is 2. The fourth-order valence-electron chi connectivity index (χ4n) is 3.49. The summed E-state index contributed by atoms with van der Waals surface area (Å²) in [7, 11) is -3.80. The standard InChI is InChI=1S/C21H25NO3S3/c1-13-14(2)16(4)20(17(5)15(13)3)28(24,25)22-12-21(23,18-8-10-26-11-18)19-7-6-9-27-19/h6-11,22-23H,12H2,1-5H3/t21-/m0/s1. The van der Waals surface area contributed by atoms with Crippen molar-refractivity contribution >= 4 is 32.7 Å². The summed E-state index contributed by atoms with van der Waals surface area (Å²) in [4.78, 5) is 1.02. The summed E-state index contributed by atoms with van der Waals surface area (Å²) in [5, 5.41) is 17.0. The Morgan fingerprint density at radius 2 is 1.57 bits per heavy atom. The lowest BCUT2D eigenvalue weighted by atomic mass is 9.95. The van der Waals surface area contributed by atoms with E-state index in [2.05, 4.69) is 4.72 Å². The predicted octanol–water partition coefficient (Wildman–Crippen LogP) is 4.57. The van der Waals surface area contributed by atoms with Crippen LogP contribution in [0.15, 0.2) is 39.2 Å². The van der Waals surface area contributed by atoms with Gasteiger partial charge in [-0.2, -0.15) is 11.3 Å². The molecular weight excluding hydrogens is 410 g/mol. The lowest BCUT2D eigenvalue weighted by Gasteiger charge is -2.27. The number of rotatable bonds is 6. The maximum atomic E-state index is 13.3. The van der Waals surface area contributed by atoms with Crippen LogP contribution in [0.1, 0.15) is 38.3 Å². The maximum absolute atomic E-state index is 13.3. The molecule has 2 N–H and O–H groups in total. The van der Waals surface area contributed by atoms with E-state index in [0.717, 1.165) is 27.8 Å². The van der Waals surface area contributed by atoms with Crippen LogP contribution in [0.3, 0.4) is 0 Å². The van der Waals surface area contributed by atoms with E-state index in [0.29, 0.717) is 15.3 Å². The molecule has 0 aliphatic rings. The van der Waals surface area contributed by atoms with E-state index in [1.165, 1.54) is 22.7 Å². The highest BCUT2D eigenvalue weighted by Gasteiger charge is 2.35. The summed E-state index contributed by atoms with van der Waals surface area (Å²) in [6.07, 6.45) is 0. The highest BCUT2D eigenvalue weighted by molar-refractivity contribution is 7.89. The zero-order chi connectivity index (χ0) is 20.7. The first-order chi connectivity index (χ1) is 13.1. The van der Waals surface area contributed by atoms with Crippen molar-refractivity contribution in [2.45, 2.75) is 45.1 Å². The first-order valence-electron chi connectivity index (χ1n) is 8.95. The molecule has 0 aliphatic heterocycles. The average Bonchev–Trinajstić information content (AvgIpc) is 3.37. The fourth-order valence-corrected chi connectivity index (χ4v) is 6.71. The van der Waals surface area contributed by atoms with Gasteiger partial charge in [-0.05, 0) is 90.7 Å². The van der Waals surface area contributed by atoms with Crippen LogP contribution in [0.25, 0.3) is 0 Å². The molecule has 0 fully saturated rings. The second-order valence-electron chi connectivity index (χ2n) is 7.13. The van der Waals surface area contributed by atoms with Gasteiger partial charge in [-0.15, -0.1) is 11.3 Å². The molecule has 0 radical (unpaired) electrons. The molecule has 28 heavy (non-hydrogen) atoms. The molecule has 3 rings (SSSR count). The van der Waals surface area contributed by atoms with Crippen LogP contribution < -0.4 is 4.72 Å². The van der Waals surface area contributed by atoms with Crippen molar-refractivity contribution in [1.82, 2.24) is 4.72 Å². The second-order valence-corrected chi connectivity index (χ2v) is 10.6. The Bertz CT molecular complexity index is 1020. The number of hydrogen-bond donors (Lipinski definition) is 2. The third-order valence-electron chi connectivity index (χ3n) is 5.65. The third kappa shape index (κ3) is 3.57. The number of sulfonamides is 1. The Hall–Kier alpha value is -1.51. The quantitative estimate of drug-likeness (QED) is 0.596. The van der Waals surface area contributed by atoms with Crippen molar-refractivity contribution in [1.29, 1.82) is 0 Å². The summed E-state index contributed by atoms with van der Waals surface area (Å²) in [6.45, 7) is 9.46. The van der Waals surface area contributed by atoms with Gasteiger partial charge >= 0.3 is 0 Å². The Morgan fingerprint density at radius 1 is 0.964 bits per heavy atom. The van der Waals surface area contributed by atoms with E-state index in [1.807, 2.05) is 69.0 Å². The van der Waals surface area contributed by atoms with Crippen LogP contribution in [0.4, 0.5) is 0 Å². The summed E-state index contributed by atoms with van der Waals surface area (Å²) in [5.41, 5.74) is 3.86. The molecule has 2 aromatic heterocycles. The van der Waals surface area contributed by atoms with E-state index < -0.39 is 15.6 Å². The summed E-state index contributed by atoms with van der Waals surface area (Å²) in [6, 6.07) is 5.51. The Kier molecular flexibility index (Phi) is 5.85. The zero-order valence-electron chi connectivity index (χ0n) is 16.7. The van der Waals surface area contributed by atoms with Crippen molar-refractivity contribution in [3.05, 3.63) is 72.6 Å². The smallest absolute Gasteiger partial charge is 0.241 e. The largest absolute Gasteiger partial charge is 0.378 e. The van der Waals surface area contributed by atoms with Crippen molar-refractivity contribution in [3.63, 3.8) is 0 Å². The molecule has 2 heterocycles. The van der Waals surface area contributed by atoms with Gasteiger partial charge in [-0.1, -0.05) is 6.07 Å². The molecule has 1 aromatic carbocycles. The van der Waals surface area contributed by atoms with Crippen molar-refractivity contribution in [3.8, 4) is 0 Å². The van der Waals surface area contributed by atoms with Crippen LogP contribution in [-0.2, 0) is 15.6 Å². The van der Waals surface area contributed by atoms with Crippen molar-refractivity contribution in [2.24, 2.45) is 0 Å². The lowest BCUT2D eigenvalue weighted by molar-refractivity contribution is 0.0903. The first-order valence-corrected chi connectivity index (χ1v) is 12.3. The van der Waals surface area contributed by atoms with Crippen molar-refractivity contribution < 1.29 is 13.5 Å². The molecule has 4 nitrogen and oxygen atoms in total. The Balaban J connectivity index is 2.02. The zero-order valence-corrected chi connectivity index (χ0v) is 19.1. The predicted molar refractivity (Wildman–Crippen MR) is 117 cm³/mol. The van der Waals surface area contributed by atoms with E-state index in [9.17, 15) is 13.5 Å². The molecule has 0 saturated carbocycles. The number of benzene rings is 1. The number of nitrogens with one attached hydrogen (secondary N) is 1. The third-order valence-corrected chi connectivity index (χ3v) is 9.02. The Labute approximate surface area is 174 Å². The van der Waals surface area contributed by atoms with Gasteiger partial charge in [-0.25, -0.2) is 13.1 Å². The lowest BCUT2D eigenvalue weighted by Crippen LogP contribution is -2.41. The van der Waals surface area contributed by atoms with Gasteiger partial charge < -0.3 is 5.11 Å². The molecule has 0 aliphatic carbocycles. The van der Waals surface area contributed by atoms with Crippen LogP contribution in [-0.4, -0.2) is 20.1 Å². The molecule has 0 bridgehead atoms. The van der Waals surface area contributed by atoms with E-state index in [4.69, 9.17) is 0 Å². The number of aliphatic hydroxyl groups is 1. The topological polar surface area (TPSA) is 66.4 Å². The molecular formula is C21H25NO3S3. The molecule has 3 aromatic rings. The highest BCUT2D eigenvalue weighted by atomic mass is 32.2. The van der Waals surface area contributed by atoms with Gasteiger partial charge in [0.05, 0.1) is 4.90 Å². The van der Waals surface area contributed by atoms with Crippen LogP contribution in [0, 0.1) is 34.6 Å². The molecule has 0 amide bonds. The first kappa shape index (κ1) is 21.2. The SMILES string of the molecule is Cc1c(C)c(C)c(S(=O)(=O)NC[C@](O)(c2ccsc2)c2cccs2)c(C)c1C. The normalized spacial score (nSPS) is 14.2. The molecule has 150 valence electrons. The molecule has 1 atom stereocenters. The monoisotopic (exact) mass is 435 g/mol. The van der Waals surface area contributed by atoms with Crippen LogP contribution in [0.5, 0.6) is 0 Å². The molecule has 0 saturated heterocycles. The minimum Gasteiger partial charge on any atom is -0.378 e. The fraction of sp³-hybridized carbons (Fsp3) is 0.333. The number of hydrogen-bond acceptors (Lipinski definition) is 5. The van der Waals surface area contributed by atoms with Crippen molar-refractivity contribution in [2.75, 3.05) is 6.54 Å². The van der Waals surface area contributed by atoms with Crippen LogP contribution >= 0.6 is 22.7 Å². The molecule has 0 spiro atoms. The summed E-state index contributed by atoms with van der Waals surface area (Å²) in [5.74, 6) is 0. The maximum Gasteiger partial charge on any atom is 0.241 e. The molecule has 7 heteroatoms. The van der Waals surface area contributed by atoms with E-state index in [1.54, 1.807) is 0 Å². The second kappa shape index (κ2) is 7.72. The van der Waals surface area contributed by atoms with Gasteiger partial charge in [0.25, 0.3) is 0 Å². The summed E-state index contributed by atoms with van der Waals surface area (Å²) >= 11 is 2.88. The van der Waals surface area contributed by atoms with Gasteiger partial charge in [0.1, 0.15) is 5.60 Å². The van der Waals surface area contributed by atoms with E-state index >= 15 is 0 Å². The molecule has 0 unspecified atom stereocenters. The Morgan fingerprint density at radius 3 is 2.07 bits per heavy atom. The highest BCUT2D eigenvalue weighted by Crippen LogP contribution is 2.35. The minimum atomic E-state index is -3.80. The van der Waals surface area contributed by atoms with Gasteiger partial charge in [0.2, 0.25) is 10.0 Å². The van der Waals surface area contributed by atoms with Crippen LogP contribution in [0.2, 0.25) is 0 Å².